The molecule has 1 aromatic carbocycles. The summed E-state index contributed by atoms with van der Waals surface area (Å²) in [5.41, 5.74) is 8.63. The van der Waals surface area contributed by atoms with Gasteiger partial charge >= 0.3 is 0 Å². The molecule has 0 saturated heterocycles. The van der Waals surface area contributed by atoms with E-state index in [4.69, 9.17) is 5.73 Å². The van der Waals surface area contributed by atoms with Gasteiger partial charge in [-0.15, -0.1) is 0 Å². The molecule has 0 aliphatic rings. The van der Waals surface area contributed by atoms with Crippen LogP contribution in [0.25, 0.3) is 0 Å². The number of anilines is 1. The fourth-order valence-electron chi connectivity index (χ4n) is 1.37. The van der Waals surface area contributed by atoms with E-state index in [9.17, 15) is 4.79 Å². The first kappa shape index (κ1) is 13.8. The van der Waals surface area contributed by atoms with Crippen molar-refractivity contribution in [2.75, 3.05) is 5.73 Å². The van der Waals surface area contributed by atoms with Gasteiger partial charge in [-0.1, -0.05) is 30.9 Å². The summed E-state index contributed by atoms with van der Waals surface area (Å²) in [5, 5.41) is 2.80. The zero-order chi connectivity index (χ0) is 13.5. The summed E-state index contributed by atoms with van der Waals surface area (Å²) >= 11 is 0. The molecule has 0 spiro atoms. The molecule has 0 bridgehead atoms. The van der Waals surface area contributed by atoms with E-state index in [0.29, 0.717) is 11.3 Å². The molecule has 0 atom stereocenters. The Hall–Kier alpha value is -2.29. The SMILES string of the molecule is C=C/C=C\C(=C/C)NC(=O)c1ccc(C)c(N)c1. The zero-order valence-corrected chi connectivity index (χ0v) is 10.7. The highest BCUT2D eigenvalue weighted by Gasteiger charge is 2.07. The maximum atomic E-state index is 12.0. The van der Waals surface area contributed by atoms with E-state index in [0.717, 1.165) is 11.3 Å². The number of nitrogens with one attached hydrogen (secondary N) is 1. The Morgan fingerprint density at radius 3 is 2.72 bits per heavy atom. The van der Waals surface area contributed by atoms with Gasteiger partial charge in [-0.25, -0.2) is 0 Å². The van der Waals surface area contributed by atoms with Crippen LogP contribution in [0.5, 0.6) is 0 Å². The van der Waals surface area contributed by atoms with Crippen molar-refractivity contribution in [2.24, 2.45) is 0 Å². The molecule has 3 heteroatoms. The lowest BCUT2D eigenvalue weighted by atomic mass is 10.1. The molecule has 1 aromatic rings. The highest BCUT2D eigenvalue weighted by atomic mass is 16.1. The zero-order valence-electron chi connectivity index (χ0n) is 10.7. The Balaban J connectivity index is 2.84. The number of rotatable bonds is 4. The van der Waals surface area contributed by atoms with Crippen molar-refractivity contribution in [3.05, 3.63) is 65.9 Å². The summed E-state index contributed by atoms with van der Waals surface area (Å²) in [6.07, 6.45) is 7.01. The lowest BCUT2D eigenvalue weighted by molar-refractivity contribution is 0.0967. The second-order valence-electron chi connectivity index (χ2n) is 3.86. The molecule has 0 saturated carbocycles. The van der Waals surface area contributed by atoms with Crippen LogP contribution < -0.4 is 11.1 Å². The number of hydrogen-bond acceptors (Lipinski definition) is 2. The summed E-state index contributed by atoms with van der Waals surface area (Å²) in [4.78, 5) is 12.0. The first-order valence-corrected chi connectivity index (χ1v) is 5.71. The van der Waals surface area contributed by atoms with E-state index in [2.05, 4.69) is 11.9 Å². The van der Waals surface area contributed by atoms with Crippen molar-refractivity contribution in [3.8, 4) is 0 Å². The molecular formula is C15H18N2O. The number of nitrogens with two attached hydrogens (primary N) is 1. The van der Waals surface area contributed by atoms with E-state index in [1.165, 1.54) is 0 Å². The van der Waals surface area contributed by atoms with Crippen molar-refractivity contribution in [1.29, 1.82) is 0 Å². The largest absolute Gasteiger partial charge is 0.398 e. The van der Waals surface area contributed by atoms with Gasteiger partial charge in [0.05, 0.1) is 0 Å². The molecule has 0 aromatic heterocycles. The van der Waals surface area contributed by atoms with Crippen LogP contribution in [0.15, 0.2) is 54.8 Å². The summed E-state index contributed by atoms with van der Waals surface area (Å²) < 4.78 is 0. The van der Waals surface area contributed by atoms with E-state index in [-0.39, 0.29) is 5.91 Å². The number of nitrogen functional groups attached to an aromatic ring is 1. The third-order valence-corrected chi connectivity index (χ3v) is 2.52. The van der Waals surface area contributed by atoms with Gasteiger partial charge in [-0.05, 0) is 37.6 Å². The Morgan fingerprint density at radius 1 is 1.44 bits per heavy atom. The molecule has 0 fully saturated rings. The predicted octanol–water partition coefficient (Wildman–Crippen LogP) is 2.95. The van der Waals surface area contributed by atoms with Gasteiger partial charge in [0.2, 0.25) is 0 Å². The second-order valence-corrected chi connectivity index (χ2v) is 3.86. The van der Waals surface area contributed by atoms with E-state index in [1.807, 2.05) is 26.0 Å². The standard InChI is InChI=1S/C15H18N2O/c1-4-6-7-13(5-2)17-15(18)12-9-8-11(3)14(16)10-12/h4-10H,1,16H2,2-3H3,(H,17,18)/b7-6-,13-5+. The molecule has 3 nitrogen and oxygen atoms in total. The number of carbonyl (C=O) groups excluding carboxylic acids is 1. The summed E-state index contributed by atoms with van der Waals surface area (Å²) in [7, 11) is 0. The maximum absolute atomic E-state index is 12.0. The minimum Gasteiger partial charge on any atom is -0.398 e. The fourth-order valence-corrected chi connectivity index (χ4v) is 1.37. The lowest BCUT2D eigenvalue weighted by Crippen LogP contribution is -2.21. The molecule has 0 aliphatic heterocycles. The third-order valence-electron chi connectivity index (χ3n) is 2.52. The van der Waals surface area contributed by atoms with Gasteiger partial charge in [0.25, 0.3) is 5.91 Å². The fraction of sp³-hybridized carbons (Fsp3) is 0.133. The Labute approximate surface area is 108 Å². The smallest absolute Gasteiger partial charge is 0.255 e. The van der Waals surface area contributed by atoms with Crippen molar-refractivity contribution < 1.29 is 4.79 Å². The van der Waals surface area contributed by atoms with Gasteiger partial charge in [0.1, 0.15) is 0 Å². The van der Waals surface area contributed by atoms with Gasteiger partial charge < -0.3 is 11.1 Å². The molecule has 1 rings (SSSR count). The highest BCUT2D eigenvalue weighted by molar-refractivity contribution is 5.96. The molecule has 0 heterocycles. The van der Waals surface area contributed by atoms with Crippen LogP contribution in [0.2, 0.25) is 0 Å². The van der Waals surface area contributed by atoms with Crippen LogP contribution in [0.4, 0.5) is 5.69 Å². The van der Waals surface area contributed by atoms with E-state index >= 15 is 0 Å². The average molecular weight is 242 g/mol. The molecule has 0 aliphatic carbocycles. The monoisotopic (exact) mass is 242 g/mol. The second kappa shape index (κ2) is 6.45. The van der Waals surface area contributed by atoms with Crippen molar-refractivity contribution in [2.45, 2.75) is 13.8 Å². The first-order chi connectivity index (χ1) is 8.58. The minimum atomic E-state index is -0.177. The molecule has 0 radical (unpaired) electrons. The van der Waals surface area contributed by atoms with Crippen molar-refractivity contribution in [1.82, 2.24) is 5.32 Å². The van der Waals surface area contributed by atoms with Crippen LogP contribution in [0.3, 0.4) is 0 Å². The lowest BCUT2D eigenvalue weighted by Gasteiger charge is -2.07. The number of hydrogen-bond donors (Lipinski definition) is 2. The molecular weight excluding hydrogens is 224 g/mol. The maximum Gasteiger partial charge on any atom is 0.255 e. The number of aryl methyl sites for hydroxylation is 1. The summed E-state index contributed by atoms with van der Waals surface area (Å²) in [6.45, 7) is 7.34. The van der Waals surface area contributed by atoms with E-state index in [1.54, 1.807) is 30.4 Å². The minimum absolute atomic E-state index is 0.177. The van der Waals surface area contributed by atoms with Gasteiger partial charge in [-0.2, -0.15) is 0 Å². The highest BCUT2D eigenvalue weighted by Crippen LogP contribution is 2.13. The Bertz CT molecular complexity index is 513. The van der Waals surface area contributed by atoms with E-state index < -0.39 is 0 Å². The predicted molar refractivity (Wildman–Crippen MR) is 76.2 cm³/mol. The Kier molecular flexibility index (Phi) is 4.93. The molecule has 1 amide bonds. The van der Waals surface area contributed by atoms with Gasteiger partial charge in [-0.3, -0.25) is 4.79 Å². The van der Waals surface area contributed by atoms with Crippen LogP contribution >= 0.6 is 0 Å². The molecule has 3 N–H and O–H groups in total. The summed E-state index contributed by atoms with van der Waals surface area (Å²) in [6, 6.07) is 5.26. The first-order valence-electron chi connectivity index (χ1n) is 5.71. The van der Waals surface area contributed by atoms with Crippen molar-refractivity contribution >= 4 is 11.6 Å². The van der Waals surface area contributed by atoms with Gasteiger partial charge in [0, 0.05) is 16.9 Å². The molecule has 94 valence electrons. The topological polar surface area (TPSA) is 55.1 Å². The quantitative estimate of drug-likeness (QED) is 0.630. The number of benzene rings is 1. The normalized spacial score (nSPS) is 11.6. The molecule has 18 heavy (non-hydrogen) atoms. The van der Waals surface area contributed by atoms with Crippen LogP contribution in [-0.2, 0) is 0 Å². The average Bonchev–Trinajstić information content (AvgIpc) is 2.37. The van der Waals surface area contributed by atoms with Crippen LogP contribution in [0.1, 0.15) is 22.8 Å². The number of carbonyl (C=O) groups is 1. The third kappa shape index (κ3) is 3.63. The van der Waals surface area contributed by atoms with Crippen molar-refractivity contribution in [3.63, 3.8) is 0 Å². The van der Waals surface area contributed by atoms with Gasteiger partial charge in [0.15, 0.2) is 0 Å². The Morgan fingerprint density at radius 2 is 2.17 bits per heavy atom. The number of allylic oxidation sites excluding steroid dienone is 4. The summed E-state index contributed by atoms with van der Waals surface area (Å²) in [5.74, 6) is -0.177. The van der Waals surface area contributed by atoms with Crippen LogP contribution in [-0.4, -0.2) is 5.91 Å². The molecule has 0 unspecified atom stereocenters. The van der Waals surface area contributed by atoms with Crippen LogP contribution in [0, 0.1) is 6.92 Å². The number of amides is 1.